The van der Waals surface area contributed by atoms with Gasteiger partial charge in [0.2, 0.25) is 11.3 Å². The number of hydrogen-bond donors (Lipinski definition) is 1. The average molecular weight is 452 g/mol. The predicted molar refractivity (Wildman–Crippen MR) is 104 cm³/mol. The lowest BCUT2D eigenvalue weighted by Crippen LogP contribution is -2.58. The van der Waals surface area contributed by atoms with Gasteiger partial charge in [0.15, 0.2) is 5.69 Å². The van der Waals surface area contributed by atoms with E-state index in [0.717, 1.165) is 34.9 Å². The Kier molecular flexibility index (Phi) is 6.32. The van der Waals surface area contributed by atoms with Crippen LogP contribution < -0.4 is 10.7 Å². The number of piperazine rings is 1. The maximum Gasteiger partial charge on any atom is 0.416 e. The molecule has 0 bridgehead atoms. The lowest BCUT2D eigenvalue weighted by atomic mass is 10.1. The minimum absolute atomic E-state index is 0.00475. The van der Waals surface area contributed by atoms with Crippen LogP contribution in [0.5, 0.6) is 0 Å². The molecule has 1 unspecified atom stereocenters. The molecule has 1 aliphatic rings. The van der Waals surface area contributed by atoms with Crippen LogP contribution in [0, 0.1) is 6.92 Å². The van der Waals surface area contributed by atoms with Gasteiger partial charge in [-0.05, 0) is 25.1 Å². The number of esters is 1. The maximum atomic E-state index is 13.1. The number of hydrogen-bond acceptors (Lipinski definition) is 6. The van der Waals surface area contributed by atoms with Gasteiger partial charge < -0.3 is 15.0 Å². The monoisotopic (exact) mass is 452 g/mol. The standard InChI is InChI=1S/C20H19F3N4O5/c1-11-8-15(28)17(25-27(11)13-5-3-4-12(9-13)20(21,22)23)19(31)26-7-6-24-18(30)14(26)10-16(29)32-2/h3-5,8-9,14H,6-7,10H2,1-2H3,(H,24,30). The number of methoxy groups -OCH3 is 1. The first kappa shape index (κ1) is 23.0. The molecule has 170 valence electrons. The summed E-state index contributed by atoms with van der Waals surface area (Å²) in [6, 6.07) is 4.11. The van der Waals surface area contributed by atoms with Crippen LogP contribution in [-0.4, -0.2) is 58.7 Å². The highest BCUT2D eigenvalue weighted by molar-refractivity contribution is 5.98. The summed E-state index contributed by atoms with van der Waals surface area (Å²) in [7, 11) is 1.13. The molecule has 1 atom stereocenters. The van der Waals surface area contributed by atoms with Gasteiger partial charge in [0, 0.05) is 24.8 Å². The molecule has 9 nitrogen and oxygen atoms in total. The van der Waals surface area contributed by atoms with Crippen molar-refractivity contribution >= 4 is 17.8 Å². The number of alkyl halides is 3. The Morgan fingerprint density at radius 1 is 1.25 bits per heavy atom. The van der Waals surface area contributed by atoms with Crippen LogP contribution in [0.2, 0.25) is 0 Å². The summed E-state index contributed by atoms with van der Waals surface area (Å²) in [5, 5.41) is 6.53. The van der Waals surface area contributed by atoms with Crippen LogP contribution in [0.15, 0.2) is 35.1 Å². The Hall–Kier alpha value is -3.70. The second-order valence-corrected chi connectivity index (χ2v) is 7.04. The fourth-order valence-corrected chi connectivity index (χ4v) is 3.31. The smallest absolute Gasteiger partial charge is 0.416 e. The molecule has 0 saturated carbocycles. The third-order valence-corrected chi connectivity index (χ3v) is 4.91. The zero-order valence-corrected chi connectivity index (χ0v) is 17.1. The van der Waals surface area contributed by atoms with Crippen LogP contribution in [0.1, 0.15) is 28.2 Å². The summed E-state index contributed by atoms with van der Waals surface area (Å²) in [5.74, 6) is -2.25. The summed E-state index contributed by atoms with van der Waals surface area (Å²) in [6.07, 6.45) is -5.02. The number of benzene rings is 1. The van der Waals surface area contributed by atoms with Gasteiger partial charge in [-0.25, -0.2) is 4.68 Å². The molecule has 1 aromatic heterocycles. The van der Waals surface area contributed by atoms with Crippen molar-refractivity contribution in [3.8, 4) is 5.69 Å². The summed E-state index contributed by atoms with van der Waals surface area (Å²) in [6.45, 7) is 1.55. The minimum Gasteiger partial charge on any atom is -0.469 e. The highest BCUT2D eigenvalue weighted by Crippen LogP contribution is 2.30. The zero-order valence-electron chi connectivity index (χ0n) is 17.1. The van der Waals surface area contributed by atoms with E-state index < -0.39 is 53.1 Å². The van der Waals surface area contributed by atoms with Crippen molar-refractivity contribution in [3.63, 3.8) is 0 Å². The van der Waals surface area contributed by atoms with E-state index in [-0.39, 0.29) is 24.5 Å². The largest absolute Gasteiger partial charge is 0.469 e. The van der Waals surface area contributed by atoms with Gasteiger partial charge in [-0.2, -0.15) is 18.3 Å². The van der Waals surface area contributed by atoms with Crippen LogP contribution in [0.3, 0.4) is 0 Å². The van der Waals surface area contributed by atoms with E-state index in [2.05, 4.69) is 15.2 Å². The number of rotatable bonds is 4. The van der Waals surface area contributed by atoms with Crippen LogP contribution in [0.4, 0.5) is 13.2 Å². The number of nitrogens with one attached hydrogen (secondary N) is 1. The van der Waals surface area contributed by atoms with Crippen molar-refractivity contribution < 1.29 is 32.3 Å². The topological polar surface area (TPSA) is 111 Å². The molecule has 0 aliphatic carbocycles. The predicted octanol–water partition coefficient (Wildman–Crippen LogP) is 1.06. The Morgan fingerprint density at radius 3 is 2.62 bits per heavy atom. The molecule has 1 N–H and O–H groups in total. The molecule has 2 amide bonds. The number of carbonyl (C=O) groups is 3. The average Bonchev–Trinajstić information content (AvgIpc) is 2.74. The number of amides is 2. The van der Waals surface area contributed by atoms with E-state index in [1.165, 1.54) is 19.1 Å². The Bertz CT molecular complexity index is 1130. The minimum atomic E-state index is -4.59. The number of nitrogens with zero attached hydrogens (tertiary/aromatic N) is 3. The molecule has 1 fully saturated rings. The second kappa shape index (κ2) is 8.81. The van der Waals surface area contributed by atoms with E-state index in [4.69, 9.17) is 0 Å². The van der Waals surface area contributed by atoms with Crippen molar-refractivity contribution in [1.29, 1.82) is 0 Å². The fourth-order valence-electron chi connectivity index (χ4n) is 3.31. The SMILES string of the molecule is COC(=O)CC1C(=O)NCCN1C(=O)c1nn(-c2cccc(C(F)(F)F)c2)c(C)cc1=O. The summed E-state index contributed by atoms with van der Waals surface area (Å²) in [4.78, 5) is 50.6. The van der Waals surface area contributed by atoms with Crippen molar-refractivity contribution in [2.75, 3.05) is 20.2 Å². The Balaban J connectivity index is 2.03. The van der Waals surface area contributed by atoms with Gasteiger partial charge in [-0.3, -0.25) is 19.2 Å². The first-order chi connectivity index (χ1) is 15.0. The van der Waals surface area contributed by atoms with Crippen molar-refractivity contribution in [2.24, 2.45) is 0 Å². The molecule has 32 heavy (non-hydrogen) atoms. The third kappa shape index (κ3) is 4.63. The van der Waals surface area contributed by atoms with Gasteiger partial charge in [0.25, 0.3) is 5.91 Å². The normalized spacial score (nSPS) is 16.5. The molecule has 0 spiro atoms. The van der Waals surface area contributed by atoms with Gasteiger partial charge in [0.05, 0.1) is 24.8 Å². The van der Waals surface area contributed by atoms with Gasteiger partial charge in [-0.15, -0.1) is 0 Å². The lowest BCUT2D eigenvalue weighted by molar-refractivity contribution is -0.145. The fraction of sp³-hybridized carbons (Fsp3) is 0.350. The summed E-state index contributed by atoms with van der Waals surface area (Å²) >= 11 is 0. The molecule has 0 radical (unpaired) electrons. The quantitative estimate of drug-likeness (QED) is 0.695. The number of ether oxygens (including phenoxy) is 1. The molecule has 1 aliphatic heterocycles. The maximum absolute atomic E-state index is 13.1. The van der Waals surface area contributed by atoms with Crippen LogP contribution >= 0.6 is 0 Å². The van der Waals surface area contributed by atoms with Gasteiger partial charge in [-0.1, -0.05) is 6.07 Å². The summed E-state index contributed by atoms with van der Waals surface area (Å²) < 4.78 is 44.9. The molecule has 1 saturated heterocycles. The highest BCUT2D eigenvalue weighted by atomic mass is 19.4. The Labute approximate surface area is 179 Å². The molecular weight excluding hydrogens is 433 g/mol. The van der Waals surface area contributed by atoms with E-state index in [1.807, 2.05) is 0 Å². The zero-order chi connectivity index (χ0) is 23.6. The van der Waals surface area contributed by atoms with Crippen LogP contribution in [-0.2, 0) is 20.5 Å². The van der Waals surface area contributed by atoms with Crippen molar-refractivity contribution in [2.45, 2.75) is 25.6 Å². The molecule has 12 heteroatoms. The number of carbonyl (C=O) groups excluding carboxylic acids is 3. The van der Waals surface area contributed by atoms with Gasteiger partial charge in [0.1, 0.15) is 6.04 Å². The van der Waals surface area contributed by atoms with Gasteiger partial charge >= 0.3 is 12.1 Å². The molecule has 3 rings (SSSR count). The van der Waals surface area contributed by atoms with Crippen molar-refractivity contribution in [3.05, 3.63) is 57.5 Å². The van der Waals surface area contributed by atoms with Crippen molar-refractivity contribution in [1.82, 2.24) is 20.0 Å². The van der Waals surface area contributed by atoms with E-state index >= 15 is 0 Å². The molecule has 2 aromatic rings. The first-order valence-corrected chi connectivity index (χ1v) is 9.47. The second-order valence-electron chi connectivity index (χ2n) is 7.04. The number of aromatic nitrogens is 2. The Morgan fingerprint density at radius 2 is 1.97 bits per heavy atom. The number of aryl methyl sites for hydroxylation is 1. The van der Waals surface area contributed by atoms with E-state index in [9.17, 15) is 32.3 Å². The van der Waals surface area contributed by atoms with E-state index in [0.29, 0.717) is 0 Å². The molecule has 2 heterocycles. The third-order valence-electron chi connectivity index (χ3n) is 4.91. The summed E-state index contributed by atoms with van der Waals surface area (Å²) in [5.41, 5.74) is -2.08. The van der Waals surface area contributed by atoms with Crippen LogP contribution in [0.25, 0.3) is 5.69 Å². The lowest BCUT2D eigenvalue weighted by Gasteiger charge is -2.34. The highest BCUT2D eigenvalue weighted by Gasteiger charge is 2.37. The molecular formula is C20H19F3N4O5. The van der Waals surface area contributed by atoms with E-state index in [1.54, 1.807) is 0 Å². The number of halogens is 3. The first-order valence-electron chi connectivity index (χ1n) is 9.47. The molecule has 1 aromatic carbocycles.